The number of hydrogen-bond acceptors (Lipinski definition) is 4. The number of fused-ring (bicyclic) bond motifs is 1. The zero-order chi connectivity index (χ0) is 15.9. The minimum Gasteiger partial charge on any atom is -0.477 e. The monoisotopic (exact) mass is 310 g/mol. The van der Waals surface area contributed by atoms with E-state index in [4.69, 9.17) is 9.84 Å². The van der Waals surface area contributed by atoms with Crippen molar-refractivity contribution >= 4 is 5.97 Å². The number of carboxylic acids is 1. The molecule has 116 valence electrons. The van der Waals surface area contributed by atoms with E-state index in [2.05, 4.69) is 5.10 Å². The molecule has 0 spiro atoms. The number of nitrogens with zero attached hydrogens (tertiary/aromatic N) is 2. The Labute approximate surface area is 123 Å². The number of aromatic nitrogens is 2. The predicted octanol–water partition coefficient (Wildman–Crippen LogP) is 1.53. The van der Waals surface area contributed by atoms with Crippen LogP contribution in [0.3, 0.4) is 0 Å². The highest BCUT2D eigenvalue weighted by molar-refractivity contribution is 5.97. The summed E-state index contributed by atoms with van der Waals surface area (Å²) in [5, 5.41) is 22.5. The second-order valence-corrected chi connectivity index (χ2v) is 4.97. The number of carboxylic acid groups (broad SMARTS) is 1. The van der Waals surface area contributed by atoms with E-state index in [1.165, 1.54) is 10.7 Å². The highest BCUT2D eigenvalue weighted by atomic mass is 19.1. The summed E-state index contributed by atoms with van der Waals surface area (Å²) in [5.41, 5.74) is -1.22. The van der Waals surface area contributed by atoms with Crippen molar-refractivity contribution in [1.82, 2.24) is 9.78 Å². The van der Waals surface area contributed by atoms with Crippen LogP contribution in [0.15, 0.2) is 18.2 Å². The average Bonchev–Trinajstić information content (AvgIpc) is 2.84. The smallest absolute Gasteiger partial charge is 0.343 e. The normalized spacial score (nSPS) is 17.0. The molecule has 3 rings (SSSR count). The summed E-state index contributed by atoms with van der Waals surface area (Å²) in [5.74, 6) is -3.52. The van der Waals surface area contributed by atoms with Crippen LogP contribution >= 0.6 is 0 Å². The van der Waals surface area contributed by atoms with Gasteiger partial charge in [0.2, 0.25) is 5.88 Å². The third-order valence-electron chi connectivity index (χ3n) is 3.46. The lowest BCUT2D eigenvalue weighted by Crippen LogP contribution is -2.28. The Kier molecular flexibility index (Phi) is 3.53. The fourth-order valence-electron chi connectivity index (χ4n) is 2.41. The maximum atomic E-state index is 13.9. The Morgan fingerprint density at radius 2 is 2.09 bits per heavy atom. The number of hydrogen-bond donors (Lipinski definition) is 2. The maximum Gasteiger partial charge on any atom is 0.343 e. The van der Waals surface area contributed by atoms with Gasteiger partial charge in [-0.2, -0.15) is 5.10 Å². The van der Waals surface area contributed by atoms with Gasteiger partial charge in [-0.1, -0.05) is 6.07 Å². The summed E-state index contributed by atoms with van der Waals surface area (Å²) < 4.78 is 34.4. The van der Waals surface area contributed by atoms with Gasteiger partial charge in [0.1, 0.15) is 22.9 Å². The topological polar surface area (TPSA) is 84.6 Å². The zero-order valence-corrected chi connectivity index (χ0v) is 11.3. The Morgan fingerprint density at radius 1 is 1.41 bits per heavy atom. The van der Waals surface area contributed by atoms with Crippen LogP contribution in [-0.4, -0.2) is 39.2 Å². The molecule has 2 aromatic rings. The van der Waals surface area contributed by atoms with Gasteiger partial charge in [-0.3, -0.25) is 0 Å². The van der Waals surface area contributed by atoms with Crippen molar-refractivity contribution in [1.29, 1.82) is 0 Å². The molecular weight excluding hydrogens is 298 g/mol. The van der Waals surface area contributed by atoms with Crippen LogP contribution in [-0.2, 0) is 6.54 Å². The largest absolute Gasteiger partial charge is 0.477 e. The fourth-order valence-corrected chi connectivity index (χ4v) is 2.41. The van der Waals surface area contributed by atoms with Gasteiger partial charge in [0.05, 0.1) is 25.3 Å². The van der Waals surface area contributed by atoms with E-state index < -0.39 is 23.2 Å². The number of ether oxygens (including phenoxy) is 1. The summed E-state index contributed by atoms with van der Waals surface area (Å²) in [7, 11) is 0. The molecule has 22 heavy (non-hydrogen) atoms. The molecule has 6 nitrogen and oxygen atoms in total. The summed E-state index contributed by atoms with van der Waals surface area (Å²) >= 11 is 0. The van der Waals surface area contributed by atoms with Gasteiger partial charge in [0.15, 0.2) is 0 Å². The molecule has 1 aliphatic heterocycles. The molecule has 0 saturated carbocycles. The summed E-state index contributed by atoms with van der Waals surface area (Å²) in [6.45, 7) is 0.162. The number of halogens is 2. The summed E-state index contributed by atoms with van der Waals surface area (Å²) in [6, 6.07) is 3.24. The van der Waals surface area contributed by atoms with Gasteiger partial charge in [0.25, 0.3) is 0 Å². The van der Waals surface area contributed by atoms with Gasteiger partial charge >= 0.3 is 5.97 Å². The van der Waals surface area contributed by atoms with Crippen molar-refractivity contribution in [2.75, 3.05) is 13.2 Å². The van der Waals surface area contributed by atoms with Crippen molar-refractivity contribution in [3.05, 3.63) is 35.4 Å². The average molecular weight is 310 g/mol. The molecule has 1 atom stereocenters. The van der Waals surface area contributed by atoms with Gasteiger partial charge < -0.3 is 14.9 Å². The third-order valence-corrected chi connectivity index (χ3v) is 3.46. The predicted molar refractivity (Wildman–Crippen MR) is 70.6 cm³/mol. The SMILES string of the molecule is O=C(O)c1c(-c2c(F)cccc2F)nn2c1OCC(CO)C2. The van der Waals surface area contributed by atoms with Gasteiger partial charge in [0, 0.05) is 5.92 Å². The van der Waals surface area contributed by atoms with Crippen LogP contribution in [0.1, 0.15) is 10.4 Å². The first-order valence-electron chi connectivity index (χ1n) is 6.55. The van der Waals surface area contributed by atoms with E-state index in [1.54, 1.807) is 0 Å². The minimum atomic E-state index is -1.39. The maximum absolute atomic E-state index is 13.9. The first-order chi connectivity index (χ1) is 10.5. The Balaban J connectivity index is 2.21. The van der Waals surface area contributed by atoms with Crippen LogP contribution in [0.4, 0.5) is 8.78 Å². The molecule has 0 radical (unpaired) electrons. The molecule has 1 aromatic heterocycles. The van der Waals surface area contributed by atoms with E-state index in [1.807, 2.05) is 0 Å². The minimum absolute atomic E-state index is 0.0603. The van der Waals surface area contributed by atoms with Gasteiger partial charge in [-0.25, -0.2) is 18.3 Å². The van der Waals surface area contributed by atoms with E-state index in [0.717, 1.165) is 12.1 Å². The number of rotatable bonds is 3. The second-order valence-electron chi connectivity index (χ2n) is 4.97. The number of carbonyl (C=O) groups is 1. The molecular formula is C14H12F2N2O4. The third kappa shape index (κ3) is 2.21. The standard InChI is InChI=1S/C14H12F2N2O4/c15-8-2-1-3-9(16)10(8)12-11(14(20)21)13-18(17-12)4-7(5-19)6-22-13/h1-3,7,19H,4-6H2,(H,20,21). The van der Waals surface area contributed by atoms with Crippen LogP contribution < -0.4 is 4.74 Å². The van der Waals surface area contributed by atoms with Crippen LogP contribution in [0.2, 0.25) is 0 Å². The van der Waals surface area contributed by atoms with Crippen LogP contribution in [0.5, 0.6) is 5.88 Å². The zero-order valence-electron chi connectivity index (χ0n) is 11.3. The Hall–Kier alpha value is -2.48. The number of benzene rings is 1. The lowest BCUT2D eigenvalue weighted by molar-refractivity contribution is 0.0680. The van der Waals surface area contributed by atoms with Crippen LogP contribution in [0, 0.1) is 17.6 Å². The van der Waals surface area contributed by atoms with E-state index in [-0.39, 0.29) is 42.8 Å². The van der Waals surface area contributed by atoms with Crippen molar-refractivity contribution < 1.29 is 28.5 Å². The van der Waals surface area contributed by atoms with Crippen molar-refractivity contribution in [2.45, 2.75) is 6.54 Å². The van der Waals surface area contributed by atoms with Gasteiger partial charge in [-0.05, 0) is 12.1 Å². The quantitative estimate of drug-likeness (QED) is 0.898. The molecule has 1 unspecified atom stereocenters. The molecule has 0 aliphatic carbocycles. The molecule has 1 aromatic carbocycles. The molecule has 2 heterocycles. The molecule has 0 saturated heterocycles. The van der Waals surface area contributed by atoms with E-state index in [9.17, 15) is 18.7 Å². The number of aromatic carboxylic acids is 1. The fraction of sp³-hybridized carbons (Fsp3) is 0.286. The highest BCUT2D eigenvalue weighted by Gasteiger charge is 2.32. The first-order valence-corrected chi connectivity index (χ1v) is 6.55. The number of aliphatic hydroxyl groups is 1. The molecule has 2 N–H and O–H groups in total. The highest BCUT2D eigenvalue weighted by Crippen LogP contribution is 2.35. The Morgan fingerprint density at radius 3 is 2.68 bits per heavy atom. The van der Waals surface area contributed by atoms with Crippen molar-refractivity contribution in [3.63, 3.8) is 0 Å². The van der Waals surface area contributed by atoms with Crippen LogP contribution in [0.25, 0.3) is 11.3 Å². The van der Waals surface area contributed by atoms with Crippen molar-refractivity contribution in [2.24, 2.45) is 5.92 Å². The van der Waals surface area contributed by atoms with Gasteiger partial charge in [-0.15, -0.1) is 0 Å². The summed E-state index contributed by atoms with van der Waals surface area (Å²) in [4.78, 5) is 11.5. The molecule has 0 bridgehead atoms. The summed E-state index contributed by atoms with van der Waals surface area (Å²) in [6.07, 6.45) is 0. The lowest BCUT2D eigenvalue weighted by atomic mass is 10.1. The first kappa shape index (κ1) is 14.5. The lowest BCUT2D eigenvalue weighted by Gasteiger charge is -2.22. The molecule has 0 fully saturated rings. The molecule has 1 aliphatic rings. The van der Waals surface area contributed by atoms with E-state index >= 15 is 0 Å². The molecule has 8 heteroatoms. The van der Waals surface area contributed by atoms with E-state index in [0.29, 0.717) is 0 Å². The number of aliphatic hydroxyl groups excluding tert-OH is 1. The second kappa shape index (κ2) is 5.38. The Bertz CT molecular complexity index is 724. The molecule has 0 amide bonds. The van der Waals surface area contributed by atoms with Crippen molar-refractivity contribution in [3.8, 4) is 17.1 Å².